The van der Waals surface area contributed by atoms with Gasteiger partial charge in [-0.05, 0) is 54.4 Å². The molecule has 8 nitrogen and oxygen atoms in total. The third-order valence-electron chi connectivity index (χ3n) is 5.62. The van der Waals surface area contributed by atoms with Gasteiger partial charge in [-0.3, -0.25) is 19.3 Å². The number of rotatable bonds is 7. The van der Waals surface area contributed by atoms with Crippen molar-refractivity contribution in [2.24, 2.45) is 0 Å². The predicted molar refractivity (Wildman–Crippen MR) is 135 cm³/mol. The smallest absolute Gasteiger partial charge is 0.337 e. The van der Waals surface area contributed by atoms with E-state index in [-0.39, 0.29) is 17.3 Å². The van der Waals surface area contributed by atoms with Crippen LogP contribution in [-0.2, 0) is 20.9 Å². The Morgan fingerprint density at radius 1 is 0.917 bits per heavy atom. The molecule has 1 aliphatic rings. The number of carbonyl (C=O) groups excluding carboxylic acids is 4. The minimum Gasteiger partial charge on any atom is -0.465 e. The van der Waals surface area contributed by atoms with Crippen molar-refractivity contribution in [3.8, 4) is 0 Å². The molecule has 0 aromatic heterocycles. The molecule has 0 atom stereocenters. The van der Waals surface area contributed by atoms with Gasteiger partial charge < -0.3 is 15.4 Å². The van der Waals surface area contributed by atoms with Crippen LogP contribution in [0.5, 0.6) is 0 Å². The molecule has 0 saturated heterocycles. The van der Waals surface area contributed by atoms with E-state index in [0.717, 1.165) is 16.0 Å². The molecule has 0 saturated carbocycles. The van der Waals surface area contributed by atoms with Crippen molar-refractivity contribution in [2.45, 2.75) is 13.5 Å². The van der Waals surface area contributed by atoms with Gasteiger partial charge in [0.05, 0.1) is 19.2 Å². The number of nitrogens with one attached hydrogen (secondary N) is 2. The van der Waals surface area contributed by atoms with E-state index in [2.05, 4.69) is 15.4 Å². The number of benzene rings is 3. The highest BCUT2D eigenvalue weighted by Gasteiger charge is 2.38. The van der Waals surface area contributed by atoms with Crippen LogP contribution in [-0.4, -0.2) is 35.7 Å². The largest absolute Gasteiger partial charge is 0.465 e. The van der Waals surface area contributed by atoms with Gasteiger partial charge >= 0.3 is 5.97 Å². The monoisotopic (exact) mass is 503 g/mol. The van der Waals surface area contributed by atoms with E-state index in [4.69, 9.17) is 11.6 Å². The minimum atomic E-state index is -0.588. The SMILES string of the molecule is COC(=O)c1ccc(NC(=O)c2ccc(C)c(NC3=C(Cl)C(=O)N(Cc4ccccc4)C3=O)c2)cc1. The number of imide groups is 1. The third kappa shape index (κ3) is 5.13. The molecule has 0 unspecified atom stereocenters. The Morgan fingerprint density at radius 3 is 2.25 bits per heavy atom. The van der Waals surface area contributed by atoms with Gasteiger partial charge in [0.2, 0.25) is 0 Å². The second kappa shape index (κ2) is 10.5. The first-order valence-electron chi connectivity index (χ1n) is 11.0. The molecule has 0 spiro atoms. The fraction of sp³-hybridized carbons (Fsp3) is 0.111. The minimum absolute atomic E-state index is 0.0448. The van der Waals surface area contributed by atoms with Crippen LogP contribution in [0.25, 0.3) is 0 Å². The molecule has 2 N–H and O–H groups in total. The normalized spacial score (nSPS) is 13.1. The number of hydrogen-bond acceptors (Lipinski definition) is 6. The zero-order chi connectivity index (χ0) is 25.8. The van der Waals surface area contributed by atoms with Crippen molar-refractivity contribution < 1.29 is 23.9 Å². The van der Waals surface area contributed by atoms with Crippen LogP contribution in [0.15, 0.2) is 83.5 Å². The lowest BCUT2D eigenvalue weighted by Gasteiger charge is -2.16. The summed E-state index contributed by atoms with van der Waals surface area (Å²) in [4.78, 5) is 51.1. The predicted octanol–water partition coefficient (Wildman–Crippen LogP) is 4.47. The summed E-state index contributed by atoms with van der Waals surface area (Å²) in [5.41, 5.74) is 3.11. The summed E-state index contributed by atoms with van der Waals surface area (Å²) in [6.07, 6.45) is 0. The Kier molecular flexibility index (Phi) is 7.17. The molecule has 3 amide bonds. The second-order valence-electron chi connectivity index (χ2n) is 8.05. The van der Waals surface area contributed by atoms with Crippen molar-refractivity contribution in [3.63, 3.8) is 0 Å². The van der Waals surface area contributed by atoms with Crippen LogP contribution >= 0.6 is 11.6 Å². The Labute approximate surface area is 212 Å². The average Bonchev–Trinajstić information content (AvgIpc) is 3.08. The standard InChI is InChI=1S/C27H22ClN3O5/c1-16-8-9-19(24(32)29-20-12-10-18(11-13-20)27(35)36-2)14-21(16)30-23-22(28)25(33)31(26(23)34)15-17-6-4-3-5-7-17/h3-14,30H,15H2,1-2H3,(H,29,32). The number of amides is 3. The van der Waals surface area contributed by atoms with Crippen molar-refractivity contribution in [1.82, 2.24) is 4.90 Å². The summed E-state index contributed by atoms with van der Waals surface area (Å²) >= 11 is 6.23. The summed E-state index contributed by atoms with van der Waals surface area (Å²) in [6, 6.07) is 20.3. The van der Waals surface area contributed by atoms with Gasteiger partial charge in [0.25, 0.3) is 17.7 Å². The maximum atomic E-state index is 13.0. The van der Waals surface area contributed by atoms with E-state index >= 15 is 0 Å². The Hall–Kier alpha value is -4.43. The topological polar surface area (TPSA) is 105 Å². The Bertz CT molecular complexity index is 1380. The van der Waals surface area contributed by atoms with E-state index in [1.165, 1.54) is 7.11 Å². The summed E-state index contributed by atoms with van der Waals surface area (Å²) < 4.78 is 4.67. The molecule has 1 aliphatic heterocycles. The lowest BCUT2D eigenvalue weighted by atomic mass is 10.1. The Morgan fingerprint density at radius 2 is 1.58 bits per heavy atom. The third-order valence-corrected chi connectivity index (χ3v) is 5.97. The first-order valence-corrected chi connectivity index (χ1v) is 11.3. The molecule has 3 aromatic rings. The number of halogens is 1. The number of aryl methyl sites for hydroxylation is 1. The van der Waals surface area contributed by atoms with Gasteiger partial charge in [0.1, 0.15) is 10.7 Å². The molecule has 0 radical (unpaired) electrons. The highest BCUT2D eigenvalue weighted by Crippen LogP contribution is 2.29. The highest BCUT2D eigenvalue weighted by atomic mass is 35.5. The number of carbonyl (C=O) groups is 4. The van der Waals surface area contributed by atoms with Crippen LogP contribution in [0.4, 0.5) is 11.4 Å². The van der Waals surface area contributed by atoms with Crippen LogP contribution in [0.3, 0.4) is 0 Å². The number of methoxy groups -OCH3 is 1. The van der Waals surface area contributed by atoms with Gasteiger partial charge in [-0.25, -0.2) is 4.79 Å². The lowest BCUT2D eigenvalue weighted by Crippen LogP contribution is -2.31. The van der Waals surface area contributed by atoms with Gasteiger partial charge in [0, 0.05) is 16.9 Å². The van der Waals surface area contributed by atoms with Crippen LogP contribution < -0.4 is 10.6 Å². The molecule has 1 heterocycles. The summed E-state index contributed by atoms with van der Waals surface area (Å²) in [5.74, 6) is -2.01. The molecule has 4 rings (SSSR count). The van der Waals surface area contributed by atoms with Crippen molar-refractivity contribution in [2.75, 3.05) is 17.7 Å². The Balaban J connectivity index is 1.50. The van der Waals surface area contributed by atoms with Crippen LogP contribution in [0.2, 0.25) is 0 Å². The first-order chi connectivity index (χ1) is 17.3. The summed E-state index contributed by atoms with van der Waals surface area (Å²) in [5, 5.41) is 5.49. The molecule has 182 valence electrons. The number of hydrogen-bond donors (Lipinski definition) is 2. The quantitative estimate of drug-likeness (QED) is 0.364. The van der Waals surface area contributed by atoms with Crippen molar-refractivity contribution in [3.05, 3.63) is 106 Å². The molecule has 9 heteroatoms. The maximum Gasteiger partial charge on any atom is 0.337 e. The van der Waals surface area contributed by atoms with Crippen molar-refractivity contribution in [1.29, 1.82) is 0 Å². The molecule has 0 fully saturated rings. The van der Waals surface area contributed by atoms with E-state index in [1.54, 1.807) is 49.4 Å². The van der Waals surface area contributed by atoms with Crippen molar-refractivity contribution >= 4 is 46.7 Å². The average molecular weight is 504 g/mol. The van der Waals surface area contributed by atoms with Gasteiger partial charge in [-0.1, -0.05) is 48.0 Å². The molecule has 36 heavy (non-hydrogen) atoms. The number of anilines is 2. The number of nitrogens with zero attached hydrogens (tertiary/aromatic N) is 1. The van der Waals surface area contributed by atoms with Gasteiger partial charge in [-0.2, -0.15) is 0 Å². The molecular formula is C27H22ClN3O5. The zero-order valence-electron chi connectivity index (χ0n) is 19.5. The maximum absolute atomic E-state index is 13.0. The van der Waals surface area contributed by atoms with E-state index in [0.29, 0.717) is 22.5 Å². The van der Waals surface area contributed by atoms with Crippen LogP contribution in [0, 0.1) is 6.92 Å². The summed E-state index contributed by atoms with van der Waals surface area (Å²) in [7, 11) is 1.29. The van der Waals surface area contributed by atoms with E-state index in [1.807, 2.05) is 30.3 Å². The van der Waals surface area contributed by atoms with Gasteiger partial charge in [0.15, 0.2) is 0 Å². The fourth-order valence-corrected chi connectivity index (χ4v) is 3.84. The van der Waals surface area contributed by atoms with Gasteiger partial charge in [-0.15, -0.1) is 0 Å². The number of ether oxygens (including phenoxy) is 1. The highest BCUT2D eigenvalue weighted by molar-refractivity contribution is 6.48. The summed E-state index contributed by atoms with van der Waals surface area (Å²) in [6.45, 7) is 1.89. The zero-order valence-corrected chi connectivity index (χ0v) is 20.3. The second-order valence-corrected chi connectivity index (χ2v) is 8.43. The lowest BCUT2D eigenvalue weighted by molar-refractivity contribution is -0.138. The molecule has 3 aromatic carbocycles. The molecular weight excluding hydrogens is 482 g/mol. The van der Waals surface area contributed by atoms with Crippen LogP contribution in [0.1, 0.15) is 31.8 Å². The number of esters is 1. The fourth-order valence-electron chi connectivity index (χ4n) is 3.61. The molecule has 0 bridgehead atoms. The molecule has 0 aliphatic carbocycles. The van der Waals surface area contributed by atoms with E-state index in [9.17, 15) is 19.2 Å². The first kappa shape index (κ1) is 24.7. The van der Waals surface area contributed by atoms with E-state index < -0.39 is 23.7 Å².